The molecule has 2 aromatic heterocycles. The number of nitrogens with zero attached hydrogens (tertiary/aromatic N) is 4. The van der Waals surface area contributed by atoms with E-state index in [-0.39, 0.29) is 5.91 Å². The van der Waals surface area contributed by atoms with Gasteiger partial charge in [0.1, 0.15) is 5.76 Å². The quantitative estimate of drug-likeness (QED) is 0.345. The number of hydrogen-bond acceptors (Lipinski definition) is 5. The van der Waals surface area contributed by atoms with Crippen molar-refractivity contribution in [2.45, 2.75) is 33.0 Å². The molecule has 0 radical (unpaired) electrons. The Labute approximate surface area is 226 Å². The van der Waals surface area contributed by atoms with Crippen LogP contribution >= 0.6 is 15.9 Å². The summed E-state index contributed by atoms with van der Waals surface area (Å²) in [5.41, 5.74) is 4.51. The highest BCUT2D eigenvalue weighted by molar-refractivity contribution is 9.10. The van der Waals surface area contributed by atoms with Crippen molar-refractivity contribution in [3.05, 3.63) is 106 Å². The van der Waals surface area contributed by atoms with Crippen LogP contribution in [-0.2, 0) is 19.6 Å². The normalized spacial score (nSPS) is 15.0. The Balaban J connectivity index is 1.37. The second kappa shape index (κ2) is 11.8. The van der Waals surface area contributed by atoms with Gasteiger partial charge >= 0.3 is 0 Å². The lowest BCUT2D eigenvalue weighted by molar-refractivity contribution is 0.0686. The van der Waals surface area contributed by atoms with E-state index in [1.807, 2.05) is 47.1 Å². The lowest BCUT2D eigenvalue weighted by Crippen LogP contribution is -2.38. The van der Waals surface area contributed by atoms with E-state index < -0.39 is 0 Å². The van der Waals surface area contributed by atoms with Gasteiger partial charge < -0.3 is 14.6 Å². The van der Waals surface area contributed by atoms with Gasteiger partial charge in [0.15, 0.2) is 5.76 Å². The van der Waals surface area contributed by atoms with Gasteiger partial charge in [-0.3, -0.25) is 14.4 Å². The lowest BCUT2D eigenvalue weighted by atomic mass is 10.1. The molecule has 8 heteroatoms. The molecule has 0 fully saturated rings. The first-order valence-electron chi connectivity index (χ1n) is 12.7. The van der Waals surface area contributed by atoms with Crippen molar-refractivity contribution in [2.24, 2.45) is 0 Å². The van der Waals surface area contributed by atoms with Gasteiger partial charge in [-0.15, -0.1) is 0 Å². The van der Waals surface area contributed by atoms with E-state index in [0.29, 0.717) is 31.2 Å². The summed E-state index contributed by atoms with van der Waals surface area (Å²) in [6, 6.07) is 20.4. The largest absolute Gasteiger partial charge is 0.454 e. The third-order valence-corrected chi connectivity index (χ3v) is 7.06. The van der Waals surface area contributed by atoms with Gasteiger partial charge in [0.05, 0.1) is 12.7 Å². The van der Waals surface area contributed by atoms with Crippen LogP contribution in [0.4, 0.5) is 5.69 Å². The van der Waals surface area contributed by atoms with Crippen LogP contribution in [0.3, 0.4) is 0 Å². The maximum atomic E-state index is 13.7. The molecule has 0 bridgehead atoms. The van der Waals surface area contributed by atoms with E-state index in [1.165, 1.54) is 5.56 Å². The highest BCUT2D eigenvalue weighted by Gasteiger charge is 2.23. The van der Waals surface area contributed by atoms with Crippen LogP contribution in [0.15, 0.2) is 81.9 Å². The van der Waals surface area contributed by atoms with Crippen molar-refractivity contribution < 1.29 is 9.21 Å². The SMILES string of the molecule is Cc1cnn(Cc2ccc(C(=O)N3CCN(Cc4ccccc4)CCCNc4ccc(Br)cc4C3)o2)c1. The smallest absolute Gasteiger partial charge is 0.289 e. The fourth-order valence-electron chi connectivity index (χ4n) is 4.67. The second-order valence-corrected chi connectivity index (χ2v) is 10.5. The molecule has 1 aliphatic heterocycles. The number of benzene rings is 2. The first-order chi connectivity index (χ1) is 18.0. The molecule has 2 aromatic carbocycles. The lowest BCUT2D eigenvalue weighted by Gasteiger charge is -2.27. The number of aryl methyl sites for hydroxylation is 1. The molecule has 192 valence electrons. The number of amides is 1. The maximum absolute atomic E-state index is 13.7. The number of carbonyl (C=O) groups excluding carboxylic acids is 1. The zero-order valence-electron chi connectivity index (χ0n) is 21.1. The van der Waals surface area contributed by atoms with E-state index >= 15 is 0 Å². The number of nitrogens with one attached hydrogen (secondary N) is 1. The molecule has 0 atom stereocenters. The molecule has 1 N–H and O–H groups in total. The Morgan fingerprint density at radius 3 is 2.73 bits per heavy atom. The number of hydrogen-bond donors (Lipinski definition) is 1. The van der Waals surface area contributed by atoms with E-state index in [0.717, 1.165) is 53.9 Å². The highest BCUT2D eigenvalue weighted by Crippen LogP contribution is 2.24. The van der Waals surface area contributed by atoms with E-state index in [2.05, 4.69) is 67.6 Å². The minimum absolute atomic E-state index is 0.104. The third-order valence-electron chi connectivity index (χ3n) is 6.57. The number of rotatable bonds is 5. The topological polar surface area (TPSA) is 66.5 Å². The first kappa shape index (κ1) is 25.3. The summed E-state index contributed by atoms with van der Waals surface area (Å²) in [5, 5.41) is 7.91. The number of halogens is 1. The van der Waals surface area contributed by atoms with Crippen LogP contribution in [0.2, 0.25) is 0 Å². The molecule has 37 heavy (non-hydrogen) atoms. The molecule has 0 saturated carbocycles. The Hall–Kier alpha value is -3.36. The number of carbonyl (C=O) groups is 1. The summed E-state index contributed by atoms with van der Waals surface area (Å²) in [6.45, 7) is 7.06. The van der Waals surface area contributed by atoms with Crippen LogP contribution in [-0.4, -0.2) is 51.7 Å². The molecule has 1 amide bonds. The molecular formula is C29H32BrN5O2. The average Bonchev–Trinajstić information content (AvgIpc) is 3.53. The van der Waals surface area contributed by atoms with Crippen molar-refractivity contribution in [1.82, 2.24) is 19.6 Å². The molecule has 5 rings (SSSR count). The number of anilines is 1. The third kappa shape index (κ3) is 6.70. The summed E-state index contributed by atoms with van der Waals surface area (Å²) in [6.07, 6.45) is 4.79. The monoisotopic (exact) mass is 561 g/mol. The summed E-state index contributed by atoms with van der Waals surface area (Å²) >= 11 is 3.60. The average molecular weight is 563 g/mol. The molecule has 0 saturated heterocycles. The van der Waals surface area contributed by atoms with E-state index in [4.69, 9.17) is 4.42 Å². The molecule has 0 spiro atoms. The minimum atomic E-state index is -0.104. The van der Waals surface area contributed by atoms with Crippen molar-refractivity contribution in [2.75, 3.05) is 31.5 Å². The fraction of sp³-hybridized carbons (Fsp3) is 0.310. The molecular weight excluding hydrogens is 530 g/mol. The van der Waals surface area contributed by atoms with E-state index in [1.54, 1.807) is 6.07 Å². The Morgan fingerprint density at radius 2 is 1.92 bits per heavy atom. The molecule has 4 aromatic rings. The Bertz CT molecular complexity index is 1330. The second-order valence-electron chi connectivity index (χ2n) is 9.55. The predicted molar refractivity (Wildman–Crippen MR) is 148 cm³/mol. The summed E-state index contributed by atoms with van der Waals surface area (Å²) in [5.74, 6) is 0.959. The van der Waals surface area contributed by atoms with Gasteiger partial charge in [-0.1, -0.05) is 46.3 Å². The van der Waals surface area contributed by atoms with Crippen LogP contribution in [0.25, 0.3) is 0 Å². The van der Waals surface area contributed by atoms with Gasteiger partial charge in [0.2, 0.25) is 0 Å². The summed E-state index contributed by atoms with van der Waals surface area (Å²) < 4.78 is 8.82. The van der Waals surface area contributed by atoms with Gasteiger partial charge in [0, 0.05) is 55.6 Å². The number of fused-ring (bicyclic) bond motifs is 1. The van der Waals surface area contributed by atoms with Crippen molar-refractivity contribution in [1.29, 1.82) is 0 Å². The summed E-state index contributed by atoms with van der Waals surface area (Å²) in [4.78, 5) is 18.1. The van der Waals surface area contributed by atoms with Gasteiger partial charge in [-0.25, -0.2) is 0 Å². The Morgan fingerprint density at radius 1 is 1.05 bits per heavy atom. The van der Waals surface area contributed by atoms with Crippen LogP contribution in [0.5, 0.6) is 0 Å². The maximum Gasteiger partial charge on any atom is 0.289 e. The van der Waals surface area contributed by atoms with Crippen LogP contribution in [0, 0.1) is 6.92 Å². The zero-order valence-corrected chi connectivity index (χ0v) is 22.7. The van der Waals surface area contributed by atoms with Gasteiger partial charge in [-0.2, -0.15) is 5.10 Å². The van der Waals surface area contributed by atoms with Crippen molar-refractivity contribution in [3.63, 3.8) is 0 Å². The zero-order chi connectivity index (χ0) is 25.6. The fourth-order valence-corrected chi connectivity index (χ4v) is 5.08. The Kier molecular flexibility index (Phi) is 8.06. The molecule has 3 heterocycles. The van der Waals surface area contributed by atoms with Crippen molar-refractivity contribution in [3.8, 4) is 0 Å². The minimum Gasteiger partial charge on any atom is -0.454 e. The van der Waals surface area contributed by atoms with Gasteiger partial charge in [0.25, 0.3) is 5.91 Å². The highest BCUT2D eigenvalue weighted by atomic mass is 79.9. The van der Waals surface area contributed by atoms with Crippen molar-refractivity contribution >= 4 is 27.5 Å². The standard InChI is InChI=1S/C29H32BrN5O2/c1-22-17-32-35(18-22)21-26-9-11-28(37-26)29(36)34-15-14-33(19-23-6-3-2-4-7-23)13-5-12-31-27-10-8-25(30)16-24(27)20-34/h2-4,6-11,16-18,31H,5,12-15,19-21H2,1H3. The molecule has 0 unspecified atom stereocenters. The summed E-state index contributed by atoms with van der Waals surface area (Å²) in [7, 11) is 0. The molecule has 0 aliphatic carbocycles. The number of aromatic nitrogens is 2. The molecule has 1 aliphatic rings. The van der Waals surface area contributed by atoms with E-state index in [9.17, 15) is 4.79 Å². The van der Waals surface area contributed by atoms with Crippen LogP contribution in [0.1, 0.15) is 39.4 Å². The number of furan rings is 1. The first-order valence-corrected chi connectivity index (χ1v) is 13.5. The van der Waals surface area contributed by atoms with Gasteiger partial charge in [-0.05, 0) is 60.4 Å². The predicted octanol–water partition coefficient (Wildman–Crippen LogP) is 5.56. The van der Waals surface area contributed by atoms with Crippen LogP contribution < -0.4 is 5.32 Å². The molecule has 7 nitrogen and oxygen atoms in total.